The number of aromatic nitrogens is 5. The first-order valence-electron chi connectivity index (χ1n) is 10.1. The Morgan fingerprint density at radius 3 is 2.34 bits per heavy atom. The van der Waals surface area contributed by atoms with Crippen molar-refractivity contribution in [2.24, 2.45) is 0 Å². The summed E-state index contributed by atoms with van der Waals surface area (Å²) in [6.45, 7) is 10.1. The van der Waals surface area contributed by atoms with E-state index >= 15 is 0 Å². The molecule has 0 aliphatic carbocycles. The van der Waals surface area contributed by atoms with E-state index in [1.165, 1.54) is 0 Å². The molecular formula is C22H25N7. The van der Waals surface area contributed by atoms with Crippen LogP contribution in [0.15, 0.2) is 49.1 Å². The van der Waals surface area contributed by atoms with Crippen molar-refractivity contribution in [1.29, 1.82) is 0 Å². The van der Waals surface area contributed by atoms with Gasteiger partial charge in [0, 0.05) is 49.4 Å². The van der Waals surface area contributed by atoms with Gasteiger partial charge in [-0.1, -0.05) is 32.9 Å². The van der Waals surface area contributed by atoms with Gasteiger partial charge in [-0.3, -0.25) is 0 Å². The minimum absolute atomic E-state index is 0.00998. The van der Waals surface area contributed by atoms with Gasteiger partial charge in [-0.25, -0.2) is 19.5 Å². The van der Waals surface area contributed by atoms with Gasteiger partial charge in [0.05, 0.1) is 11.2 Å². The summed E-state index contributed by atoms with van der Waals surface area (Å²) in [5, 5.41) is 5.86. The Bertz CT molecular complexity index is 1160. The molecule has 0 radical (unpaired) electrons. The number of anilines is 2. The molecule has 0 saturated carbocycles. The number of hydrogen-bond donors (Lipinski definition) is 0. The van der Waals surface area contributed by atoms with Crippen LogP contribution in [0, 0.1) is 0 Å². The minimum Gasteiger partial charge on any atom is -0.352 e. The Morgan fingerprint density at radius 2 is 1.59 bits per heavy atom. The summed E-state index contributed by atoms with van der Waals surface area (Å²) >= 11 is 0. The van der Waals surface area contributed by atoms with Crippen LogP contribution in [-0.2, 0) is 5.41 Å². The van der Waals surface area contributed by atoms with E-state index in [1.807, 2.05) is 35.1 Å². The molecule has 1 aliphatic rings. The van der Waals surface area contributed by atoms with Gasteiger partial charge in [-0.15, -0.1) is 0 Å². The number of nitrogens with zero attached hydrogens (tertiary/aromatic N) is 7. The molecule has 1 fully saturated rings. The van der Waals surface area contributed by atoms with Gasteiger partial charge >= 0.3 is 0 Å². The van der Waals surface area contributed by atoms with Crippen LogP contribution >= 0.6 is 0 Å². The first-order chi connectivity index (χ1) is 14.0. The highest BCUT2D eigenvalue weighted by Crippen LogP contribution is 2.28. The zero-order valence-electron chi connectivity index (χ0n) is 17.1. The molecule has 7 heteroatoms. The van der Waals surface area contributed by atoms with Crippen molar-refractivity contribution in [3.63, 3.8) is 0 Å². The third-order valence-corrected chi connectivity index (χ3v) is 5.54. The summed E-state index contributed by atoms with van der Waals surface area (Å²) in [5.74, 6) is 2.02. The molecule has 0 spiro atoms. The lowest BCUT2D eigenvalue weighted by atomic mass is 9.92. The fourth-order valence-electron chi connectivity index (χ4n) is 3.89. The van der Waals surface area contributed by atoms with Crippen molar-refractivity contribution in [1.82, 2.24) is 24.6 Å². The molecule has 0 atom stereocenters. The quantitative estimate of drug-likeness (QED) is 0.526. The molecule has 148 valence electrons. The van der Waals surface area contributed by atoms with Crippen LogP contribution in [0.1, 0.15) is 26.5 Å². The Balaban J connectivity index is 1.41. The second-order valence-corrected chi connectivity index (χ2v) is 8.55. The molecule has 4 aromatic rings. The largest absolute Gasteiger partial charge is 0.352 e. The van der Waals surface area contributed by atoms with Crippen molar-refractivity contribution in [3.8, 4) is 0 Å². The maximum absolute atomic E-state index is 4.76. The lowest BCUT2D eigenvalue weighted by Gasteiger charge is -2.36. The average molecular weight is 387 g/mol. The van der Waals surface area contributed by atoms with Gasteiger partial charge < -0.3 is 9.80 Å². The van der Waals surface area contributed by atoms with E-state index in [4.69, 9.17) is 10.1 Å². The summed E-state index contributed by atoms with van der Waals surface area (Å²) < 4.78 is 1.95. The zero-order chi connectivity index (χ0) is 20.0. The molecular weight excluding hydrogens is 362 g/mol. The van der Waals surface area contributed by atoms with E-state index < -0.39 is 0 Å². The molecule has 0 amide bonds. The number of fused-ring (bicyclic) bond motifs is 2. The Morgan fingerprint density at radius 1 is 0.862 bits per heavy atom. The van der Waals surface area contributed by atoms with Crippen molar-refractivity contribution in [2.45, 2.75) is 26.2 Å². The van der Waals surface area contributed by atoms with E-state index in [0.717, 1.165) is 59.9 Å². The van der Waals surface area contributed by atoms with Crippen molar-refractivity contribution in [2.75, 3.05) is 36.0 Å². The summed E-state index contributed by atoms with van der Waals surface area (Å²) in [6, 6.07) is 10.4. The molecule has 0 unspecified atom stereocenters. The van der Waals surface area contributed by atoms with E-state index in [0.29, 0.717) is 0 Å². The van der Waals surface area contributed by atoms with Crippen LogP contribution in [0.25, 0.3) is 16.4 Å². The topological polar surface area (TPSA) is 62.5 Å². The van der Waals surface area contributed by atoms with Crippen molar-refractivity contribution < 1.29 is 0 Å². The molecule has 0 bridgehead atoms. The Hall–Kier alpha value is -3.22. The molecule has 3 aromatic heterocycles. The standard InChI is InChI=1S/C22H25N7/c1-22(2,3)19-14-18-21(23-8-9-29(18)26-19)28-12-10-27(11-13-28)20-16-6-4-5-7-17(16)24-15-25-20/h4-9,14-15H,10-13H2,1-3H3. The fraction of sp³-hybridized carbons (Fsp3) is 0.364. The van der Waals surface area contributed by atoms with Gasteiger partial charge in [-0.2, -0.15) is 5.10 Å². The number of hydrogen-bond acceptors (Lipinski definition) is 6. The second-order valence-electron chi connectivity index (χ2n) is 8.55. The minimum atomic E-state index is 0.00998. The highest BCUT2D eigenvalue weighted by molar-refractivity contribution is 5.89. The SMILES string of the molecule is CC(C)(C)c1cc2c(N3CCN(c4ncnc5ccccc45)CC3)nccn2n1. The molecule has 4 heterocycles. The summed E-state index contributed by atoms with van der Waals surface area (Å²) in [4.78, 5) is 18.4. The van der Waals surface area contributed by atoms with Gasteiger partial charge in [0.25, 0.3) is 0 Å². The summed E-state index contributed by atoms with van der Waals surface area (Å²) in [6.07, 6.45) is 5.43. The third kappa shape index (κ3) is 3.16. The highest BCUT2D eigenvalue weighted by Gasteiger charge is 2.24. The number of para-hydroxylation sites is 1. The van der Waals surface area contributed by atoms with Crippen LogP contribution in [0.4, 0.5) is 11.6 Å². The smallest absolute Gasteiger partial charge is 0.154 e. The molecule has 7 nitrogen and oxygen atoms in total. The normalized spacial score (nSPS) is 15.4. The van der Waals surface area contributed by atoms with Crippen LogP contribution in [-0.4, -0.2) is 50.7 Å². The van der Waals surface area contributed by atoms with Crippen LogP contribution < -0.4 is 9.80 Å². The van der Waals surface area contributed by atoms with Crippen LogP contribution in [0.3, 0.4) is 0 Å². The molecule has 0 N–H and O–H groups in total. The van der Waals surface area contributed by atoms with Crippen molar-refractivity contribution >= 4 is 28.1 Å². The predicted molar refractivity (Wildman–Crippen MR) is 116 cm³/mol. The summed E-state index contributed by atoms with van der Waals surface area (Å²) in [5.41, 5.74) is 3.15. The maximum atomic E-state index is 4.76. The lowest BCUT2D eigenvalue weighted by Crippen LogP contribution is -2.47. The highest BCUT2D eigenvalue weighted by atomic mass is 15.3. The molecule has 5 rings (SSSR count). The van der Waals surface area contributed by atoms with Gasteiger partial charge in [0.1, 0.15) is 17.7 Å². The van der Waals surface area contributed by atoms with Crippen molar-refractivity contribution in [3.05, 3.63) is 54.7 Å². The monoisotopic (exact) mass is 387 g/mol. The number of rotatable bonds is 2. The first-order valence-corrected chi connectivity index (χ1v) is 10.1. The lowest BCUT2D eigenvalue weighted by molar-refractivity contribution is 0.562. The maximum Gasteiger partial charge on any atom is 0.154 e. The number of benzene rings is 1. The predicted octanol–water partition coefficient (Wildman–Crippen LogP) is 3.30. The van der Waals surface area contributed by atoms with E-state index in [-0.39, 0.29) is 5.41 Å². The zero-order valence-corrected chi connectivity index (χ0v) is 17.1. The van der Waals surface area contributed by atoms with Gasteiger partial charge in [0.2, 0.25) is 0 Å². The molecule has 1 aromatic carbocycles. The fourth-order valence-corrected chi connectivity index (χ4v) is 3.89. The van der Waals surface area contributed by atoms with E-state index in [2.05, 4.69) is 52.7 Å². The molecule has 1 aliphatic heterocycles. The van der Waals surface area contributed by atoms with Crippen LogP contribution in [0.5, 0.6) is 0 Å². The second kappa shape index (κ2) is 6.69. The Labute approximate surface area is 170 Å². The molecule has 1 saturated heterocycles. The van der Waals surface area contributed by atoms with Gasteiger partial charge in [0.15, 0.2) is 5.82 Å². The summed E-state index contributed by atoms with van der Waals surface area (Å²) in [7, 11) is 0. The third-order valence-electron chi connectivity index (χ3n) is 5.54. The van der Waals surface area contributed by atoms with E-state index in [9.17, 15) is 0 Å². The van der Waals surface area contributed by atoms with Gasteiger partial charge in [-0.05, 0) is 18.2 Å². The molecule has 29 heavy (non-hydrogen) atoms. The van der Waals surface area contributed by atoms with E-state index in [1.54, 1.807) is 6.33 Å². The number of piperazine rings is 1. The average Bonchev–Trinajstić information content (AvgIpc) is 3.19. The first kappa shape index (κ1) is 17.8. The Kier molecular flexibility index (Phi) is 4.12. The van der Waals surface area contributed by atoms with Crippen LogP contribution in [0.2, 0.25) is 0 Å².